The van der Waals surface area contributed by atoms with Crippen LogP contribution in [-0.4, -0.2) is 28.7 Å². The number of aromatic nitrogens is 6. The molecule has 6 heteroatoms. The van der Waals surface area contributed by atoms with Crippen molar-refractivity contribution in [2.24, 2.45) is 0 Å². The quantitative estimate of drug-likeness (QED) is 0.180. The molecule has 0 atom stereocenters. The van der Waals surface area contributed by atoms with Crippen molar-refractivity contribution in [3.63, 3.8) is 0 Å². The minimum atomic E-state index is -0.668. The van der Waals surface area contributed by atoms with Crippen molar-refractivity contribution in [1.29, 1.82) is 0 Å². The lowest BCUT2D eigenvalue weighted by Crippen LogP contribution is -2.28. The number of hydrogen-bond donors (Lipinski definition) is 0. The number of rotatable bonds is 4. The molecule has 13 rings (SSSR count). The average Bonchev–Trinajstić information content (AvgIpc) is 3.98. The minimum absolute atomic E-state index is 0.668. The molecule has 0 amide bonds. The number of imidazole rings is 2. The highest BCUT2D eigenvalue weighted by molar-refractivity contribution is 6.00. The SMILES string of the molecule is c1ccc(C2(c3ccccc3)c3cc(-c4nc5ccccc5c5nc6ccccc6n45)ccc3-c3ccc(-c4nc5ccccc5c5nc6ccccc6n45)cc32)cc1. The van der Waals surface area contributed by atoms with E-state index < -0.39 is 5.41 Å². The second-order valence-electron chi connectivity index (χ2n) is 15.4. The average molecular weight is 753 g/mol. The largest absolute Gasteiger partial charge is 0.276 e. The third-order valence-corrected chi connectivity index (χ3v) is 12.4. The summed E-state index contributed by atoms with van der Waals surface area (Å²) in [6.07, 6.45) is 0. The van der Waals surface area contributed by atoms with Gasteiger partial charge in [-0.05, 0) is 94.0 Å². The van der Waals surface area contributed by atoms with E-state index in [4.69, 9.17) is 19.9 Å². The highest BCUT2D eigenvalue weighted by Crippen LogP contribution is 2.57. The number of hydrogen-bond acceptors (Lipinski definition) is 4. The van der Waals surface area contributed by atoms with E-state index in [0.717, 1.165) is 77.9 Å². The topological polar surface area (TPSA) is 60.4 Å². The zero-order valence-corrected chi connectivity index (χ0v) is 31.7. The second-order valence-corrected chi connectivity index (χ2v) is 15.4. The molecule has 0 unspecified atom stereocenters. The summed E-state index contributed by atoms with van der Waals surface area (Å²) in [6, 6.07) is 69.1. The molecule has 0 fully saturated rings. The fourth-order valence-corrected chi connectivity index (χ4v) is 9.85. The van der Waals surface area contributed by atoms with Gasteiger partial charge in [-0.3, -0.25) is 8.80 Å². The Kier molecular flexibility index (Phi) is 6.55. The van der Waals surface area contributed by atoms with Crippen LogP contribution in [0.15, 0.2) is 194 Å². The third kappa shape index (κ3) is 4.40. The summed E-state index contributed by atoms with van der Waals surface area (Å²) < 4.78 is 4.47. The minimum Gasteiger partial charge on any atom is -0.276 e. The van der Waals surface area contributed by atoms with Crippen molar-refractivity contribution < 1.29 is 0 Å². The molecule has 4 heterocycles. The van der Waals surface area contributed by atoms with Gasteiger partial charge in [0, 0.05) is 21.9 Å². The Balaban J connectivity index is 1.13. The summed E-state index contributed by atoms with van der Waals surface area (Å²) in [4.78, 5) is 21.1. The van der Waals surface area contributed by atoms with Crippen molar-refractivity contribution >= 4 is 55.2 Å². The Labute approximate surface area is 338 Å². The molecule has 1 aliphatic rings. The maximum Gasteiger partial charge on any atom is 0.149 e. The Hall–Kier alpha value is -7.96. The third-order valence-electron chi connectivity index (χ3n) is 12.4. The van der Waals surface area contributed by atoms with Crippen molar-refractivity contribution in [1.82, 2.24) is 28.7 Å². The van der Waals surface area contributed by atoms with Gasteiger partial charge in [0.25, 0.3) is 0 Å². The van der Waals surface area contributed by atoms with Gasteiger partial charge in [-0.15, -0.1) is 0 Å². The van der Waals surface area contributed by atoms with Crippen LogP contribution in [0.5, 0.6) is 0 Å². The van der Waals surface area contributed by atoms with E-state index in [9.17, 15) is 0 Å². The van der Waals surface area contributed by atoms with Gasteiger partial charge >= 0.3 is 0 Å². The van der Waals surface area contributed by atoms with E-state index in [0.29, 0.717) is 0 Å². The Morgan fingerprint density at radius 2 is 0.729 bits per heavy atom. The lowest BCUT2D eigenvalue weighted by molar-refractivity contribution is 0.768. The van der Waals surface area contributed by atoms with Crippen LogP contribution >= 0.6 is 0 Å². The first-order valence-electron chi connectivity index (χ1n) is 20.0. The summed E-state index contributed by atoms with van der Waals surface area (Å²) in [7, 11) is 0. The van der Waals surface area contributed by atoms with E-state index in [1.54, 1.807) is 0 Å². The molecule has 0 saturated carbocycles. The molecular formula is C53H32N6. The molecule has 0 spiro atoms. The number of para-hydroxylation sites is 6. The number of benzene rings is 8. The van der Waals surface area contributed by atoms with Crippen molar-refractivity contribution in [3.05, 3.63) is 216 Å². The molecule has 12 aromatic rings. The van der Waals surface area contributed by atoms with E-state index in [-0.39, 0.29) is 0 Å². The first-order chi connectivity index (χ1) is 29.3. The molecule has 6 nitrogen and oxygen atoms in total. The highest BCUT2D eigenvalue weighted by Gasteiger charge is 2.46. The fraction of sp³-hybridized carbons (Fsp3) is 0.0189. The van der Waals surface area contributed by atoms with Crippen molar-refractivity contribution in [2.45, 2.75) is 5.41 Å². The summed E-state index contributed by atoms with van der Waals surface area (Å²) in [5.74, 6) is 1.72. The molecule has 59 heavy (non-hydrogen) atoms. The van der Waals surface area contributed by atoms with Crippen LogP contribution < -0.4 is 0 Å². The van der Waals surface area contributed by atoms with E-state index in [1.165, 1.54) is 33.4 Å². The molecular weight excluding hydrogens is 721 g/mol. The molecule has 0 radical (unpaired) electrons. The molecule has 4 aromatic heterocycles. The molecule has 0 N–H and O–H groups in total. The molecule has 8 aromatic carbocycles. The maximum absolute atomic E-state index is 5.40. The molecule has 0 aliphatic heterocycles. The Morgan fingerprint density at radius 3 is 1.19 bits per heavy atom. The summed E-state index contributed by atoms with van der Waals surface area (Å²) in [6.45, 7) is 0. The fourth-order valence-electron chi connectivity index (χ4n) is 9.85. The zero-order valence-electron chi connectivity index (χ0n) is 31.7. The number of nitrogens with zero attached hydrogens (tertiary/aromatic N) is 6. The molecule has 0 saturated heterocycles. The van der Waals surface area contributed by atoms with E-state index in [2.05, 4.69) is 191 Å². The van der Waals surface area contributed by atoms with Crippen LogP contribution in [0.25, 0.3) is 89.1 Å². The Bertz CT molecular complexity index is 3430. The zero-order chi connectivity index (χ0) is 38.7. The second kappa shape index (κ2) is 12.0. The highest BCUT2D eigenvalue weighted by atomic mass is 15.1. The predicted octanol–water partition coefficient (Wildman–Crippen LogP) is 12.1. The standard InChI is InChI=1S/C53H32N6/c1-3-15-35(16-4-1)53(36-17-5-2-6-18-36)41-31-33(49-54-43-21-9-7-19-39(43)51-56-45-23-11-13-25-47(45)58(49)51)27-29-37(41)38-30-28-34(32-42(38)53)50-55-44-22-10-8-20-40(44)52-57-46-24-12-14-26-48(46)59(50)52/h1-32H. The lowest BCUT2D eigenvalue weighted by atomic mass is 9.67. The van der Waals surface area contributed by atoms with Gasteiger partial charge in [-0.2, -0.15) is 0 Å². The van der Waals surface area contributed by atoms with Gasteiger partial charge in [0.15, 0.2) is 0 Å². The smallest absolute Gasteiger partial charge is 0.149 e. The number of fused-ring (bicyclic) bond motifs is 13. The summed E-state index contributed by atoms with van der Waals surface area (Å²) >= 11 is 0. The van der Waals surface area contributed by atoms with Gasteiger partial charge < -0.3 is 0 Å². The lowest BCUT2D eigenvalue weighted by Gasteiger charge is -2.34. The van der Waals surface area contributed by atoms with Gasteiger partial charge in [-0.1, -0.05) is 133 Å². The van der Waals surface area contributed by atoms with Crippen LogP contribution in [0.4, 0.5) is 0 Å². The predicted molar refractivity (Wildman–Crippen MR) is 238 cm³/mol. The molecule has 274 valence electrons. The van der Waals surface area contributed by atoms with E-state index >= 15 is 0 Å². The van der Waals surface area contributed by atoms with Crippen LogP contribution in [0, 0.1) is 0 Å². The first kappa shape index (κ1) is 32.2. The van der Waals surface area contributed by atoms with Gasteiger partial charge in [0.05, 0.1) is 38.5 Å². The van der Waals surface area contributed by atoms with Gasteiger partial charge in [-0.25, -0.2) is 19.9 Å². The van der Waals surface area contributed by atoms with Crippen LogP contribution in [0.3, 0.4) is 0 Å². The Morgan fingerprint density at radius 1 is 0.339 bits per heavy atom. The normalized spacial score (nSPS) is 13.2. The van der Waals surface area contributed by atoms with Crippen LogP contribution in [0.1, 0.15) is 22.3 Å². The summed E-state index contributed by atoms with van der Waals surface area (Å²) in [5.41, 5.74) is 16.1. The monoisotopic (exact) mass is 752 g/mol. The maximum atomic E-state index is 5.40. The van der Waals surface area contributed by atoms with Gasteiger partial charge in [0.2, 0.25) is 0 Å². The van der Waals surface area contributed by atoms with Crippen LogP contribution in [0.2, 0.25) is 0 Å². The first-order valence-corrected chi connectivity index (χ1v) is 20.0. The van der Waals surface area contributed by atoms with Crippen molar-refractivity contribution in [3.8, 4) is 33.9 Å². The summed E-state index contributed by atoms with van der Waals surface area (Å²) in [5, 5.41) is 2.05. The van der Waals surface area contributed by atoms with E-state index in [1.807, 2.05) is 12.1 Å². The van der Waals surface area contributed by atoms with Crippen LogP contribution in [-0.2, 0) is 5.41 Å². The van der Waals surface area contributed by atoms with Crippen molar-refractivity contribution in [2.75, 3.05) is 0 Å². The van der Waals surface area contributed by atoms with Gasteiger partial charge in [0.1, 0.15) is 22.9 Å². The molecule has 0 bridgehead atoms. The molecule has 1 aliphatic carbocycles.